The van der Waals surface area contributed by atoms with Gasteiger partial charge in [0.2, 0.25) is 0 Å². The van der Waals surface area contributed by atoms with Crippen LogP contribution >= 0.6 is 0 Å². The third-order valence-electron chi connectivity index (χ3n) is 5.43. The molecule has 2 saturated heterocycles. The molecule has 0 atom stereocenters. The molecule has 2 aliphatic rings. The Hall–Kier alpha value is -1.06. The van der Waals surface area contributed by atoms with E-state index in [1.54, 1.807) is 0 Å². The van der Waals surface area contributed by atoms with Crippen molar-refractivity contribution < 1.29 is 4.74 Å². The third-order valence-corrected chi connectivity index (χ3v) is 5.43. The molecular formula is C20H32N2O. The van der Waals surface area contributed by atoms with E-state index in [9.17, 15) is 0 Å². The minimum absolute atomic E-state index is 0.229. The highest BCUT2D eigenvalue weighted by atomic mass is 16.5. The van der Waals surface area contributed by atoms with Crippen molar-refractivity contribution in [2.45, 2.75) is 52.0 Å². The Balaban J connectivity index is 1.63. The summed E-state index contributed by atoms with van der Waals surface area (Å²) in [5.74, 6) is 0. The predicted molar refractivity (Wildman–Crippen MR) is 97.5 cm³/mol. The first-order chi connectivity index (χ1) is 10.9. The van der Waals surface area contributed by atoms with Gasteiger partial charge in [0.05, 0.1) is 13.2 Å². The van der Waals surface area contributed by atoms with Gasteiger partial charge in [0.15, 0.2) is 0 Å². The maximum absolute atomic E-state index is 5.48. The second-order valence-electron chi connectivity index (χ2n) is 8.12. The monoisotopic (exact) mass is 316 g/mol. The Kier molecular flexibility index (Phi) is 4.98. The molecule has 0 radical (unpaired) electrons. The fourth-order valence-electron chi connectivity index (χ4n) is 3.89. The van der Waals surface area contributed by atoms with Crippen molar-refractivity contribution in [3.63, 3.8) is 0 Å². The number of ether oxygens (including phenoxy) is 1. The van der Waals surface area contributed by atoms with E-state index < -0.39 is 0 Å². The van der Waals surface area contributed by atoms with E-state index in [0.29, 0.717) is 0 Å². The minimum Gasteiger partial charge on any atom is -0.379 e. The summed E-state index contributed by atoms with van der Waals surface area (Å²) in [7, 11) is 0. The molecule has 0 unspecified atom stereocenters. The van der Waals surface area contributed by atoms with Crippen LogP contribution in [0.25, 0.3) is 0 Å². The lowest BCUT2D eigenvalue weighted by Gasteiger charge is -2.41. The molecule has 0 bridgehead atoms. The molecular weight excluding hydrogens is 284 g/mol. The van der Waals surface area contributed by atoms with Crippen molar-refractivity contribution in [3.05, 3.63) is 29.3 Å². The number of piperidine rings is 1. The second-order valence-corrected chi connectivity index (χ2v) is 8.12. The normalized spacial score (nSPS) is 21.7. The van der Waals surface area contributed by atoms with E-state index in [2.05, 4.69) is 55.7 Å². The Labute approximate surface area is 141 Å². The van der Waals surface area contributed by atoms with Gasteiger partial charge in [-0.2, -0.15) is 0 Å². The molecule has 3 nitrogen and oxygen atoms in total. The zero-order valence-corrected chi connectivity index (χ0v) is 15.3. The maximum Gasteiger partial charge on any atom is 0.0594 e. The van der Waals surface area contributed by atoms with Crippen molar-refractivity contribution in [1.82, 2.24) is 4.90 Å². The first kappa shape index (κ1) is 16.8. The molecule has 0 N–H and O–H groups in total. The van der Waals surface area contributed by atoms with Crippen LogP contribution < -0.4 is 4.90 Å². The van der Waals surface area contributed by atoms with Gasteiger partial charge in [-0.05, 0) is 42.4 Å². The van der Waals surface area contributed by atoms with Crippen molar-refractivity contribution in [2.24, 2.45) is 0 Å². The summed E-state index contributed by atoms with van der Waals surface area (Å²) >= 11 is 0. The highest BCUT2D eigenvalue weighted by Gasteiger charge is 2.26. The molecule has 128 valence electrons. The molecule has 1 aromatic rings. The Bertz CT molecular complexity index is 521. The lowest BCUT2D eigenvalue weighted by atomic mass is 9.86. The summed E-state index contributed by atoms with van der Waals surface area (Å²) in [6.07, 6.45) is 2.56. The molecule has 2 heterocycles. The van der Waals surface area contributed by atoms with Gasteiger partial charge >= 0.3 is 0 Å². The number of benzene rings is 1. The van der Waals surface area contributed by atoms with Gasteiger partial charge < -0.3 is 9.64 Å². The largest absolute Gasteiger partial charge is 0.379 e. The van der Waals surface area contributed by atoms with E-state index in [-0.39, 0.29) is 5.41 Å². The van der Waals surface area contributed by atoms with E-state index >= 15 is 0 Å². The van der Waals surface area contributed by atoms with Gasteiger partial charge in [0.25, 0.3) is 0 Å². The SMILES string of the molecule is Cc1cc(C(C)(C)C)ccc1N1CCC(N2CCOCC2)CC1. The first-order valence-corrected chi connectivity index (χ1v) is 9.13. The van der Waals surface area contributed by atoms with E-state index in [1.807, 2.05) is 0 Å². The Morgan fingerprint density at radius 2 is 1.65 bits per heavy atom. The number of morpholine rings is 1. The molecule has 0 spiro atoms. The summed E-state index contributed by atoms with van der Waals surface area (Å²) in [6, 6.07) is 7.79. The minimum atomic E-state index is 0.229. The molecule has 0 saturated carbocycles. The highest BCUT2D eigenvalue weighted by Crippen LogP contribution is 2.30. The fraction of sp³-hybridized carbons (Fsp3) is 0.700. The van der Waals surface area contributed by atoms with Crippen LogP contribution in [0.1, 0.15) is 44.7 Å². The topological polar surface area (TPSA) is 15.7 Å². The fourth-order valence-corrected chi connectivity index (χ4v) is 3.89. The second kappa shape index (κ2) is 6.82. The van der Waals surface area contributed by atoms with Crippen LogP contribution in [0.15, 0.2) is 18.2 Å². The molecule has 1 aromatic carbocycles. The zero-order chi connectivity index (χ0) is 16.4. The third kappa shape index (κ3) is 3.89. The number of nitrogens with zero attached hydrogens (tertiary/aromatic N) is 2. The van der Waals surface area contributed by atoms with Gasteiger partial charge in [0.1, 0.15) is 0 Å². The standard InChI is InChI=1S/C20H32N2O/c1-16-15-17(20(2,3)4)5-6-19(16)22-9-7-18(8-10-22)21-11-13-23-14-12-21/h5-6,15,18H,7-14H2,1-4H3. The summed E-state index contributed by atoms with van der Waals surface area (Å²) in [6.45, 7) is 15.5. The Morgan fingerprint density at radius 1 is 1.00 bits per heavy atom. The summed E-state index contributed by atoms with van der Waals surface area (Å²) in [5, 5.41) is 0. The smallest absolute Gasteiger partial charge is 0.0594 e. The molecule has 3 heteroatoms. The summed E-state index contributed by atoms with van der Waals surface area (Å²) < 4.78 is 5.48. The molecule has 0 aromatic heterocycles. The summed E-state index contributed by atoms with van der Waals surface area (Å²) in [5.41, 5.74) is 4.51. The van der Waals surface area contributed by atoms with Crippen LogP contribution in [0.3, 0.4) is 0 Å². The number of hydrogen-bond donors (Lipinski definition) is 0. The number of rotatable bonds is 2. The molecule has 3 rings (SSSR count). The van der Waals surface area contributed by atoms with Crippen molar-refractivity contribution in [3.8, 4) is 0 Å². The summed E-state index contributed by atoms with van der Waals surface area (Å²) in [4.78, 5) is 5.22. The maximum atomic E-state index is 5.48. The molecule has 0 aliphatic carbocycles. The lowest BCUT2D eigenvalue weighted by Crippen LogP contribution is -2.49. The lowest BCUT2D eigenvalue weighted by molar-refractivity contribution is 0.0115. The van der Waals surface area contributed by atoms with Crippen LogP contribution in [0.5, 0.6) is 0 Å². The van der Waals surface area contributed by atoms with Gasteiger partial charge in [-0.25, -0.2) is 0 Å². The Morgan fingerprint density at radius 3 is 2.22 bits per heavy atom. The highest BCUT2D eigenvalue weighted by molar-refractivity contribution is 5.55. The van der Waals surface area contributed by atoms with E-state index in [1.165, 1.54) is 42.7 Å². The van der Waals surface area contributed by atoms with Crippen LogP contribution in [0, 0.1) is 6.92 Å². The molecule has 2 fully saturated rings. The quantitative estimate of drug-likeness (QED) is 0.829. The van der Waals surface area contributed by atoms with E-state index in [4.69, 9.17) is 4.74 Å². The number of hydrogen-bond acceptors (Lipinski definition) is 3. The number of aryl methyl sites for hydroxylation is 1. The van der Waals surface area contributed by atoms with Gasteiger partial charge in [-0.15, -0.1) is 0 Å². The van der Waals surface area contributed by atoms with Crippen molar-refractivity contribution in [1.29, 1.82) is 0 Å². The van der Waals surface area contributed by atoms with Crippen molar-refractivity contribution in [2.75, 3.05) is 44.3 Å². The van der Waals surface area contributed by atoms with Crippen molar-refractivity contribution >= 4 is 5.69 Å². The molecule has 2 aliphatic heterocycles. The predicted octanol–water partition coefficient (Wildman–Crippen LogP) is 3.59. The van der Waals surface area contributed by atoms with E-state index in [0.717, 1.165) is 32.3 Å². The van der Waals surface area contributed by atoms with Gasteiger partial charge in [-0.1, -0.05) is 32.9 Å². The van der Waals surface area contributed by atoms with Crippen LogP contribution in [0.4, 0.5) is 5.69 Å². The van der Waals surface area contributed by atoms with Gasteiger partial charge in [-0.3, -0.25) is 4.90 Å². The van der Waals surface area contributed by atoms with Gasteiger partial charge in [0, 0.05) is 37.9 Å². The average molecular weight is 316 g/mol. The first-order valence-electron chi connectivity index (χ1n) is 9.13. The zero-order valence-electron chi connectivity index (χ0n) is 15.3. The van der Waals surface area contributed by atoms with Crippen LogP contribution in [-0.4, -0.2) is 50.3 Å². The average Bonchev–Trinajstić information content (AvgIpc) is 2.55. The van der Waals surface area contributed by atoms with Crippen LogP contribution in [-0.2, 0) is 10.2 Å². The van der Waals surface area contributed by atoms with Crippen LogP contribution in [0.2, 0.25) is 0 Å². The number of anilines is 1. The molecule has 23 heavy (non-hydrogen) atoms. The molecule has 0 amide bonds.